The molecule has 1 aromatic rings. The van der Waals surface area contributed by atoms with E-state index < -0.39 is 0 Å². The molecular weight excluding hydrogens is 188 g/mol. The SMILES string of the molecule is CN(C)c1ccc(C(=O)N2CCC2)cc1. The Balaban J connectivity index is 2.12. The van der Waals surface area contributed by atoms with E-state index in [1.807, 2.05) is 48.2 Å². The summed E-state index contributed by atoms with van der Waals surface area (Å²) in [5, 5.41) is 0. The summed E-state index contributed by atoms with van der Waals surface area (Å²) < 4.78 is 0. The first kappa shape index (κ1) is 10.0. The van der Waals surface area contributed by atoms with Crippen molar-refractivity contribution in [2.45, 2.75) is 6.42 Å². The van der Waals surface area contributed by atoms with Crippen LogP contribution in [0.25, 0.3) is 0 Å². The van der Waals surface area contributed by atoms with E-state index in [1.165, 1.54) is 0 Å². The first-order valence-electron chi connectivity index (χ1n) is 5.25. The van der Waals surface area contributed by atoms with Gasteiger partial charge in [0.25, 0.3) is 5.91 Å². The number of hydrogen-bond acceptors (Lipinski definition) is 2. The second-order valence-corrected chi connectivity index (χ2v) is 4.09. The molecule has 0 atom stereocenters. The lowest BCUT2D eigenvalue weighted by molar-refractivity contribution is 0.0652. The number of rotatable bonds is 2. The number of nitrogens with zero attached hydrogens (tertiary/aromatic N) is 2. The summed E-state index contributed by atoms with van der Waals surface area (Å²) in [4.78, 5) is 15.7. The van der Waals surface area contributed by atoms with E-state index in [1.54, 1.807) is 0 Å². The average molecular weight is 204 g/mol. The molecular formula is C12H16N2O. The maximum atomic E-state index is 11.8. The van der Waals surface area contributed by atoms with Gasteiger partial charge in [-0.15, -0.1) is 0 Å². The van der Waals surface area contributed by atoms with Gasteiger partial charge in [0.2, 0.25) is 0 Å². The van der Waals surface area contributed by atoms with Crippen LogP contribution in [0, 0.1) is 0 Å². The van der Waals surface area contributed by atoms with Crippen molar-refractivity contribution in [1.82, 2.24) is 4.90 Å². The fraction of sp³-hybridized carbons (Fsp3) is 0.417. The van der Waals surface area contributed by atoms with Crippen molar-refractivity contribution in [1.29, 1.82) is 0 Å². The molecule has 0 spiro atoms. The van der Waals surface area contributed by atoms with Gasteiger partial charge in [-0.25, -0.2) is 0 Å². The summed E-state index contributed by atoms with van der Waals surface area (Å²) in [6.07, 6.45) is 1.14. The van der Waals surface area contributed by atoms with E-state index in [4.69, 9.17) is 0 Å². The molecule has 1 amide bonds. The molecule has 80 valence electrons. The van der Waals surface area contributed by atoms with Gasteiger partial charge >= 0.3 is 0 Å². The van der Waals surface area contributed by atoms with Gasteiger partial charge in [0, 0.05) is 38.4 Å². The Bertz CT molecular complexity index is 352. The second kappa shape index (κ2) is 3.93. The van der Waals surface area contributed by atoms with Gasteiger partial charge in [0.15, 0.2) is 0 Å². The Hall–Kier alpha value is -1.51. The van der Waals surface area contributed by atoms with Crippen LogP contribution in [0.15, 0.2) is 24.3 Å². The Labute approximate surface area is 90.3 Å². The molecule has 15 heavy (non-hydrogen) atoms. The molecule has 0 radical (unpaired) electrons. The zero-order valence-corrected chi connectivity index (χ0v) is 9.23. The van der Waals surface area contributed by atoms with E-state index in [9.17, 15) is 4.79 Å². The van der Waals surface area contributed by atoms with Crippen molar-refractivity contribution in [3.63, 3.8) is 0 Å². The number of carbonyl (C=O) groups is 1. The van der Waals surface area contributed by atoms with Crippen molar-refractivity contribution in [2.75, 3.05) is 32.1 Å². The quantitative estimate of drug-likeness (QED) is 0.730. The molecule has 1 saturated heterocycles. The second-order valence-electron chi connectivity index (χ2n) is 4.09. The van der Waals surface area contributed by atoms with Crippen molar-refractivity contribution < 1.29 is 4.79 Å². The molecule has 0 saturated carbocycles. The molecule has 1 aliphatic heterocycles. The maximum Gasteiger partial charge on any atom is 0.253 e. The predicted octanol–water partition coefficient (Wildman–Crippen LogP) is 1.60. The normalized spacial score (nSPS) is 14.7. The predicted molar refractivity (Wildman–Crippen MR) is 61.3 cm³/mol. The summed E-state index contributed by atoms with van der Waals surface area (Å²) in [5.74, 6) is 0.159. The molecule has 1 aliphatic rings. The molecule has 0 N–H and O–H groups in total. The lowest BCUT2D eigenvalue weighted by atomic mass is 10.1. The number of benzene rings is 1. The van der Waals surface area contributed by atoms with Crippen LogP contribution in [0.5, 0.6) is 0 Å². The molecule has 1 fully saturated rings. The lowest BCUT2D eigenvalue weighted by Crippen LogP contribution is -2.41. The fourth-order valence-corrected chi connectivity index (χ4v) is 1.60. The summed E-state index contributed by atoms with van der Waals surface area (Å²) in [7, 11) is 3.98. The van der Waals surface area contributed by atoms with Gasteiger partial charge in [0.1, 0.15) is 0 Å². The highest BCUT2D eigenvalue weighted by atomic mass is 16.2. The van der Waals surface area contributed by atoms with Gasteiger partial charge in [-0.1, -0.05) is 0 Å². The van der Waals surface area contributed by atoms with Crippen LogP contribution in [-0.2, 0) is 0 Å². The van der Waals surface area contributed by atoms with E-state index in [0.717, 1.165) is 30.8 Å². The van der Waals surface area contributed by atoms with Crippen LogP contribution in [-0.4, -0.2) is 38.0 Å². The average Bonchev–Trinajstić information content (AvgIpc) is 2.15. The molecule has 1 aromatic carbocycles. The highest BCUT2D eigenvalue weighted by Gasteiger charge is 2.21. The maximum absolute atomic E-state index is 11.8. The van der Waals surface area contributed by atoms with E-state index in [-0.39, 0.29) is 5.91 Å². The van der Waals surface area contributed by atoms with Gasteiger partial charge in [-0.2, -0.15) is 0 Å². The van der Waals surface area contributed by atoms with Crippen molar-refractivity contribution in [3.8, 4) is 0 Å². The number of hydrogen-bond donors (Lipinski definition) is 0. The molecule has 2 rings (SSSR count). The molecule has 0 bridgehead atoms. The third-order valence-electron chi connectivity index (χ3n) is 2.77. The molecule has 3 nitrogen and oxygen atoms in total. The van der Waals surface area contributed by atoms with Crippen molar-refractivity contribution in [3.05, 3.63) is 29.8 Å². The van der Waals surface area contributed by atoms with Crippen LogP contribution in [0.2, 0.25) is 0 Å². The Morgan fingerprint density at radius 3 is 2.20 bits per heavy atom. The minimum Gasteiger partial charge on any atom is -0.378 e. The Kier molecular flexibility index (Phi) is 2.62. The van der Waals surface area contributed by atoms with E-state index in [0.29, 0.717) is 0 Å². The highest BCUT2D eigenvalue weighted by Crippen LogP contribution is 2.16. The summed E-state index contributed by atoms with van der Waals surface area (Å²) in [6, 6.07) is 7.76. The molecule has 0 unspecified atom stereocenters. The standard InChI is InChI=1S/C12H16N2O/c1-13(2)11-6-4-10(5-7-11)12(15)14-8-3-9-14/h4-7H,3,8-9H2,1-2H3. The summed E-state index contributed by atoms with van der Waals surface area (Å²) >= 11 is 0. The van der Waals surface area contributed by atoms with Crippen LogP contribution < -0.4 is 4.90 Å². The number of amides is 1. The van der Waals surface area contributed by atoms with E-state index >= 15 is 0 Å². The summed E-state index contributed by atoms with van der Waals surface area (Å²) in [5.41, 5.74) is 1.91. The number of likely N-dealkylation sites (tertiary alicyclic amines) is 1. The Morgan fingerprint density at radius 2 is 1.80 bits per heavy atom. The Morgan fingerprint density at radius 1 is 1.20 bits per heavy atom. The smallest absolute Gasteiger partial charge is 0.253 e. The molecule has 0 aliphatic carbocycles. The molecule has 0 aromatic heterocycles. The fourth-order valence-electron chi connectivity index (χ4n) is 1.60. The van der Waals surface area contributed by atoms with Crippen molar-refractivity contribution >= 4 is 11.6 Å². The van der Waals surface area contributed by atoms with Crippen LogP contribution >= 0.6 is 0 Å². The van der Waals surface area contributed by atoms with Crippen molar-refractivity contribution in [2.24, 2.45) is 0 Å². The molecule has 3 heteroatoms. The van der Waals surface area contributed by atoms with Gasteiger partial charge in [0.05, 0.1) is 0 Å². The van der Waals surface area contributed by atoms with Gasteiger partial charge in [-0.05, 0) is 30.7 Å². The van der Waals surface area contributed by atoms with Crippen LogP contribution in [0.4, 0.5) is 5.69 Å². The van der Waals surface area contributed by atoms with Gasteiger partial charge in [-0.3, -0.25) is 4.79 Å². The summed E-state index contributed by atoms with van der Waals surface area (Å²) in [6.45, 7) is 1.82. The molecule has 1 heterocycles. The third kappa shape index (κ3) is 1.96. The minimum atomic E-state index is 0.159. The first-order valence-corrected chi connectivity index (χ1v) is 5.25. The number of anilines is 1. The highest BCUT2D eigenvalue weighted by molar-refractivity contribution is 5.95. The largest absolute Gasteiger partial charge is 0.378 e. The monoisotopic (exact) mass is 204 g/mol. The zero-order chi connectivity index (χ0) is 10.8. The number of carbonyl (C=O) groups excluding carboxylic acids is 1. The van der Waals surface area contributed by atoms with Crippen LogP contribution in [0.3, 0.4) is 0 Å². The topological polar surface area (TPSA) is 23.6 Å². The van der Waals surface area contributed by atoms with E-state index in [2.05, 4.69) is 0 Å². The zero-order valence-electron chi connectivity index (χ0n) is 9.23. The first-order chi connectivity index (χ1) is 7.18. The van der Waals surface area contributed by atoms with Gasteiger partial charge < -0.3 is 9.80 Å². The lowest BCUT2D eigenvalue weighted by Gasteiger charge is -2.31. The minimum absolute atomic E-state index is 0.159. The van der Waals surface area contributed by atoms with Crippen LogP contribution in [0.1, 0.15) is 16.8 Å². The third-order valence-corrected chi connectivity index (χ3v) is 2.77.